The second-order valence-electron chi connectivity index (χ2n) is 6.74. The van der Waals surface area contributed by atoms with Crippen molar-refractivity contribution < 1.29 is 14.7 Å². The van der Waals surface area contributed by atoms with E-state index in [-0.39, 0.29) is 17.4 Å². The van der Waals surface area contributed by atoms with Crippen LogP contribution in [0.25, 0.3) is 21.2 Å². The summed E-state index contributed by atoms with van der Waals surface area (Å²) in [4.78, 5) is 27.7. The lowest BCUT2D eigenvalue weighted by Crippen LogP contribution is -2.19. The Morgan fingerprint density at radius 1 is 1.07 bits per heavy atom. The summed E-state index contributed by atoms with van der Waals surface area (Å²) in [7, 11) is 0. The molecule has 4 rings (SSSR count). The number of carboxylic acids is 1. The van der Waals surface area contributed by atoms with Crippen molar-refractivity contribution in [3.63, 3.8) is 0 Å². The van der Waals surface area contributed by atoms with E-state index in [4.69, 9.17) is 5.73 Å². The van der Waals surface area contributed by atoms with Gasteiger partial charge >= 0.3 is 12.0 Å². The molecule has 5 N–H and O–H groups in total. The number of hydrogen-bond donors (Lipinski definition) is 4. The van der Waals surface area contributed by atoms with E-state index in [1.807, 2.05) is 48.7 Å². The number of aromatic carboxylic acids is 1. The van der Waals surface area contributed by atoms with Crippen LogP contribution in [0.15, 0.2) is 60.1 Å². The second-order valence-corrected chi connectivity index (χ2v) is 7.62. The number of nitrogens with zero attached hydrogens (tertiary/aromatic N) is 1. The summed E-state index contributed by atoms with van der Waals surface area (Å²) in [6, 6.07) is 14.4. The number of aromatic nitrogens is 1. The fourth-order valence-electron chi connectivity index (χ4n) is 3.18. The van der Waals surface area contributed by atoms with Gasteiger partial charge < -0.3 is 21.5 Å². The molecule has 2 aromatic heterocycles. The first-order valence-electron chi connectivity index (χ1n) is 9.06. The van der Waals surface area contributed by atoms with E-state index >= 15 is 0 Å². The number of pyridine rings is 1. The zero-order chi connectivity index (χ0) is 21.3. The highest BCUT2D eigenvalue weighted by Crippen LogP contribution is 2.38. The predicted molar refractivity (Wildman–Crippen MR) is 120 cm³/mol. The van der Waals surface area contributed by atoms with Gasteiger partial charge in [0.2, 0.25) is 0 Å². The molecule has 0 unspecified atom stereocenters. The number of nitrogens with two attached hydrogens (primary N) is 1. The Bertz CT molecular complexity index is 1270. The van der Waals surface area contributed by atoms with Crippen molar-refractivity contribution in [2.75, 3.05) is 16.4 Å². The normalized spacial score (nSPS) is 10.7. The number of urea groups is 1. The van der Waals surface area contributed by atoms with Gasteiger partial charge in [0.15, 0.2) is 0 Å². The average molecular weight is 418 g/mol. The van der Waals surface area contributed by atoms with Crippen molar-refractivity contribution in [1.82, 2.24) is 4.98 Å². The van der Waals surface area contributed by atoms with Crippen molar-refractivity contribution in [3.05, 3.63) is 71.2 Å². The van der Waals surface area contributed by atoms with Crippen LogP contribution in [-0.4, -0.2) is 22.1 Å². The standard InChI is InChI=1S/C22H18N4O3S/c1-12-3-2-4-15(9-12)26-22(29)25-14-7-5-13(6-8-14)17-11-30-19-16(21(27)28)10-24-20(23)18(17)19/h2-11H,1H3,(H2,23,24)(H,27,28)(H2,25,26,29). The molecule has 0 saturated heterocycles. The van der Waals surface area contributed by atoms with Crippen molar-refractivity contribution in [3.8, 4) is 11.1 Å². The Hall–Kier alpha value is -3.91. The van der Waals surface area contributed by atoms with Crippen molar-refractivity contribution in [1.29, 1.82) is 0 Å². The van der Waals surface area contributed by atoms with Crippen LogP contribution < -0.4 is 16.4 Å². The highest BCUT2D eigenvalue weighted by atomic mass is 32.1. The molecule has 0 radical (unpaired) electrons. The first-order chi connectivity index (χ1) is 14.4. The first-order valence-corrected chi connectivity index (χ1v) is 9.94. The first kappa shape index (κ1) is 19.4. The minimum atomic E-state index is -1.04. The Labute approximate surface area is 176 Å². The number of rotatable bonds is 4. The SMILES string of the molecule is Cc1cccc(NC(=O)Nc2ccc(-c3csc4c(C(=O)O)cnc(N)c34)cc2)c1. The molecule has 150 valence electrons. The number of aryl methyl sites for hydroxylation is 1. The van der Waals surface area contributed by atoms with Gasteiger partial charge in [-0.3, -0.25) is 0 Å². The van der Waals surface area contributed by atoms with E-state index in [2.05, 4.69) is 15.6 Å². The molecule has 0 atom stereocenters. The Kier molecular flexibility index (Phi) is 5.07. The van der Waals surface area contributed by atoms with Gasteiger partial charge in [0.25, 0.3) is 0 Å². The molecule has 0 spiro atoms. The molecule has 2 heterocycles. The van der Waals surface area contributed by atoms with Gasteiger partial charge in [-0.05, 0) is 47.7 Å². The zero-order valence-corrected chi connectivity index (χ0v) is 16.8. The van der Waals surface area contributed by atoms with Gasteiger partial charge in [0.1, 0.15) is 5.82 Å². The van der Waals surface area contributed by atoms with Gasteiger partial charge in [0.05, 0.1) is 10.3 Å². The number of nitrogen functional groups attached to an aromatic ring is 1. The Balaban J connectivity index is 1.56. The number of carbonyl (C=O) groups excluding carboxylic acids is 1. The smallest absolute Gasteiger partial charge is 0.338 e. The second kappa shape index (κ2) is 7.84. The molecule has 8 heteroatoms. The summed E-state index contributed by atoms with van der Waals surface area (Å²) >= 11 is 1.31. The molecule has 2 amide bonds. The maximum atomic E-state index is 12.2. The molecule has 2 aromatic carbocycles. The summed E-state index contributed by atoms with van der Waals surface area (Å²) in [5.74, 6) is -0.758. The molecule has 0 aliphatic rings. The van der Waals surface area contributed by atoms with E-state index in [0.717, 1.165) is 16.7 Å². The Morgan fingerprint density at radius 3 is 2.50 bits per heavy atom. The van der Waals surface area contributed by atoms with Crippen LogP contribution in [0.2, 0.25) is 0 Å². The molecule has 0 saturated carbocycles. The van der Waals surface area contributed by atoms with Gasteiger partial charge in [0, 0.05) is 28.5 Å². The number of hydrogen-bond acceptors (Lipinski definition) is 5. The third-order valence-corrected chi connectivity index (χ3v) is 5.60. The van der Waals surface area contributed by atoms with E-state index in [9.17, 15) is 14.7 Å². The minimum Gasteiger partial charge on any atom is -0.478 e. The van der Waals surface area contributed by atoms with E-state index < -0.39 is 5.97 Å². The lowest BCUT2D eigenvalue weighted by atomic mass is 10.0. The van der Waals surface area contributed by atoms with Crippen molar-refractivity contribution >= 4 is 50.6 Å². The highest BCUT2D eigenvalue weighted by Gasteiger charge is 2.17. The van der Waals surface area contributed by atoms with Crippen LogP contribution in [0, 0.1) is 6.92 Å². The summed E-state index contributed by atoms with van der Waals surface area (Å²) in [6.07, 6.45) is 1.28. The fourth-order valence-corrected chi connectivity index (χ4v) is 4.27. The fraction of sp³-hybridized carbons (Fsp3) is 0.0455. The van der Waals surface area contributed by atoms with Crippen LogP contribution in [0.5, 0.6) is 0 Å². The quantitative estimate of drug-likeness (QED) is 0.363. The number of benzene rings is 2. The highest BCUT2D eigenvalue weighted by molar-refractivity contribution is 7.18. The van der Waals surface area contributed by atoms with Crippen molar-refractivity contribution in [2.24, 2.45) is 0 Å². The maximum absolute atomic E-state index is 12.2. The van der Waals surface area contributed by atoms with Crippen LogP contribution in [0.1, 0.15) is 15.9 Å². The topological polar surface area (TPSA) is 117 Å². The molecular weight excluding hydrogens is 400 g/mol. The number of anilines is 3. The zero-order valence-electron chi connectivity index (χ0n) is 16.0. The van der Waals surface area contributed by atoms with Gasteiger partial charge in [-0.15, -0.1) is 11.3 Å². The van der Waals surface area contributed by atoms with E-state index in [0.29, 0.717) is 21.5 Å². The predicted octanol–water partition coefficient (Wildman–Crippen LogP) is 5.20. The largest absolute Gasteiger partial charge is 0.478 e. The summed E-state index contributed by atoms with van der Waals surface area (Å²) in [5, 5.41) is 17.4. The van der Waals surface area contributed by atoms with Crippen LogP contribution >= 0.6 is 11.3 Å². The lowest BCUT2D eigenvalue weighted by Gasteiger charge is -2.09. The van der Waals surface area contributed by atoms with Crippen LogP contribution in [-0.2, 0) is 0 Å². The van der Waals surface area contributed by atoms with Crippen LogP contribution in [0.3, 0.4) is 0 Å². The van der Waals surface area contributed by atoms with Gasteiger partial charge in [-0.25, -0.2) is 14.6 Å². The summed E-state index contributed by atoms with van der Waals surface area (Å²) in [5.41, 5.74) is 10.2. The molecule has 0 bridgehead atoms. The molecular formula is C22H18N4O3S. The number of carboxylic acid groups (broad SMARTS) is 1. The number of carbonyl (C=O) groups is 2. The monoisotopic (exact) mass is 418 g/mol. The molecule has 0 fully saturated rings. The van der Waals surface area contributed by atoms with Gasteiger partial charge in [-0.1, -0.05) is 24.3 Å². The maximum Gasteiger partial charge on any atom is 0.338 e. The number of fused-ring (bicyclic) bond motifs is 1. The lowest BCUT2D eigenvalue weighted by molar-refractivity contribution is 0.0699. The number of nitrogens with one attached hydrogen (secondary N) is 2. The molecule has 0 aliphatic heterocycles. The number of thiophene rings is 1. The third kappa shape index (κ3) is 3.81. The van der Waals surface area contributed by atoms with Crippen LogP contribution in [0.4, 0.5) is 22.0 Å². The Morgan fingerprint density at radius 2 is 1.80 bits per heavy atom. The number of amides is 2. The molecule has 7 nitrogen and oxygen atoms in total. The average Bonchev–Trinajstić information content (AvgIpc) is 3.14. The molecule has 0 aliphatic carbocycles. The summed E-state index contributed by atoms with van der Waals surface area (Å²) < 4.78 is 0.588. The minimum absolute atomic E-state index is 0.126. The van der Waals surface area contributed by atoms with E-state index in [1.165, 1.54) is 17.5 Å². The summed E-state index contributed by atoms with van der Waals surface area (Å²) in [6.45, 7) is 1.96. The molecule has 4 aromatic rings. The molecule has 30 heavy (non-hydrogen) atoms. The van der Waals surface area contributed by atoms with Gasteiger partial charge in [-0.2, -0.15) is 0 Å². The van der Waals surface area contributed by atoms with Crippen molar-refractivity contribution in [2.45, 2.75) is 6.92 Å². The van der Waals surface area contributed by atoms with E-state index in [1.54, 1.807) is 12.1 Å². The third-order valence-electron chi connectivity index (χ3n) is 4.58.